The second-order valence-corrected chi connectivity index (χ2v) is 9.40. The van der Waals surface area contributed by atoms with Crippen molar-refractivity contribution in [2.24, 2.45) is 0 Å². The molecule has 0 atom stereocenters. The zero-order valence-electron chi connectivity index (χ0n) is 22.3. The van der Waals surface area contributed by atoms with E-state index >= 15 is 0 Å². The summed E-state index contributed by atoms with van der Waals surface area (Å²) in [4.78, 5) is 26.6. The number of aryl methyl sites for hydroxylation is 1. The van der Waals surface area contributed by atoms with E-state index in [1.165, 1.54) is 37.4 Å². The molecule has 0 heterocycles. The van der Waals surface area contributed by atoms with Crippen LogP contribution in [-0.4, -0.2) is 31.2 Å². The van der Waals surface area contributed by atoms with E-state index < -0.39 is 66.3 Å². The van der Waals surface area contributed by atoms with Crippen molar-refractivity contribution < 1.29 is 53.1 Å². The monoisotopic (exact) mass is 628 g/mol. The van der Waals surface area contributed by atoms with Crippen molar-refractivity contribution in [3.63, 3.8) is 0 Å². The van der Waals surface area contributed by atoms with Crippen LogP contribution in [0.15, 0.2) is 60.7 Å². The van der Waals surface area contributed by atoms with Crippen LogP contribution in [0.3, 0.4) is 0 Å². The number of alkyl halides is 7. The Morgan fingerprint density at radius 2 is 1.36 bits per heavy atom. The van der Waals surface area contributed by atoms with Gasteiger partial charge in [0.1, 0.15) is 5.82 Å². The van der Waals surface area contributed by atoms with Gasteiger partial charge in [-0.2, -0.15) is 34.7 Å². The average Bonchev–Trinajstić information content (AvgIpc) is 2.92. The zero-order chi connectivity index (χ0) is 32.2. The largest absolute Gasteiger partial charge is 0.435 e. The summed E-state index contributed by atoms with van der Waals surface area (Å²) in [7, 11) is -3.09. The Hall–Kier alpha value is -3.67. The summed E-state index contributed by atoms with van der Waals surface area (Å²) in [6.45, 7) is 4.83. The zero-order valence-corrected chi connectivity index (χ0v) is 23.2. The molecule has 4 nitrogen and oxygen atoms in total. The van der Waals surface area contributed by atoms with Crippen LogP contribution in [0.5, 0.6) is 0 Å². The Kier molecular flexibility index (Phi) is 10.8. The molecule has 0 bridgehead atoms. The van der Waals surface area contributed by atoms with E-state index in [9.17, 15) is 53.1 Å². The summed E-state index contributed by atoms with van der Waals surface area (Å²) in [5.41, 5.74) is -9.52. The van der Waals surface area contributed by atoms with Crippen LogP contribution >= 0.6 is 8.54 Å². The number of hydrogen-bond donors (Lipinski definition) is 1. The normalized spacial score (nSPS) is 12.0. The molecule has 0 aromatic heterocycles. The number of benzene rings is 3. The molecule has 0 saturated heterocycles. The first-order valence-electron chi connectivity index (χ1n) is 11.9. The average molecular weight is 628 g/mol. The molecule has 0 saturated carbocycles. The van der Waals surface area contributed by atoms with Gasteiger partial charge in [0.15, 0.2) is 0 Å². The van der Waals surface area contributed by atoms with Crippen molar-refractivity contribution in [1.29, 1.82) is 0 Å². The Balaban J connectivity index is 0.00000301. The molecule has 0 aliphatic rings. The highest BCUT2D eigenvalue weighted by Gasteiger charge is 2.73. The maximum absolute atomic E-state index is 14.5. The van der Waals surface area contributed by atoms with Gasteiger partial charge < -0.3 is 10.2 Å². The lowest BCUT2D eigenvalue weighted by molar-refractivity contribution is -0.348. The van der Waals surface area contributed by atoms with Crippen LogP contribution in [0.2, 0.25) is 0 Å². The second-order valence-electron chi connectivity index (χ2n) is 8.45. The summed E-state index contributed by atoms with van der Waals surface area (Å²) in [5, 5.41) is 0.624. The van der Waals surface area contributed by atoms with E-state index in [4.69, 9.17) is 0 Å². The Morgan fingerprint density at radius 1 is 0.810 bits per heavy atom. The molecule has 0 unspecified atom stereocenters. The van der Waals surface area contributed by atoms with Crippen LogP contribution in [0.1, 0.15) is 45.7 Å². The maximum atomic E-state index is 14.5. The molecule has 0 fully saturated rings. The SMILES string of the molecule is CC.Cc1cc(C(F)(C(F)(F)F)C(F)(F)F)cc(P(F)F)c1NC(=O)c1cccc(N(C)C(=O)c2ccc(F)cc2)c1. The number of hydrogen-bond acceptors (Lipinski definition) is 2. The Bertz CT molecular complexity index is 1410. The third-order valence-electron chi connectivity index (χ3n) is 5.81. The summed E-state index contributed by atoms with van der Waals surface area (Å²) < 4.78 is 134. The number of halogens is 10. The number of anilines is 2. The first kappa shape index (κ1) is 34.5. The predicted octanol–water partition coefficient (Wildman–Crippen LogP) is 8.85. The topological polar surface area (TPSA) is 49.4 Å². The first-order chi connectivity index (χ1) is 19.4. The third kappa shape index (κ3) is 7.03. The minimum absolute atomic E-state index is 0.0878. The fourth-order valence-electron chi connectivity index (χ4n) is 3.70. The van der Waals surface area contributed by atoms with Crippen LogP contribution in [-0.2, 0) is 5.67 Å². The van der Waals surface area contributed by atoms with Gasteiger partial charge in [0.05, 0.1) is 11.0 Å². The molecule has 3 rings (SSSR count). The smallest absolute Gasteiger partial charge is 0.321 e. The number of carbonyl (C=O) groups excluding carboxylic acids is 2. The van der Waals surface area contributed by atoms with Crippen molar-refractivity contribution in [1.82, 2.24) is 0 Å². The molecule has 0 aliphatic heterocycles. The van der Waals surface area contributed by atoms with Gasteiger partial charge in [-0.3, -0.25) is 9.59 Å². The van der Waals surface area contributed by atoms with Crippen molar-refractivity contribution in [2.45, 2.75) is 38.8 Å². The lowest BCUT2D eigenvalue weighted by Crippen LogP contribution is -2.50. The van der Waals surface area contributed by atoms with Gasteiger partial charge >= 0.3 is 18.0 Å². The predicted molar refractivity (Wildman–Crippen MR) is 140 cm³/mol. The van der Waals surface area contributed by atoms with Gasteiger partial charge in [0.25, 0.3) is 20.4 Å². The van der Waals surface area contributed by atoms with Crippen LogP contribution < -0.4 is 15.5 Å². The minimum Gasteiger partial charge on any atom is -0.321 e. The summed E-state index contributed by atoms with van der Waals surface area (Å²) >= 11 is 0. The quantitative estimate of drug-likeness (QED) is 0.219. The lowest BCUT2D eigenvalue weighted by atomic mass is 9.92. The van der Waals surface area contributed by atoms with E-state index in [2.05, 4.69) is 0 Å². The van der Waals surface area contributed by atoms with Gasteiger partial charge in [0, 0.05) is 29.4 Å². The molecule has 228 valence electrons. The van der Waals surface area contributed by atoms with Crippen LogP contribution in [0.25, 0.3) is 0 Å². The lowest BCUT2D eigenvalue weighted by Gasteiger charge is -2.31. The van der Waals surface area contributed by atoms with E-state index in [1.807, 2.05) is 19.2 Å². The summed E-state index contributed by atoms with van der Waals surface area (Å²) in [5.74, 6) is -2.28. The molecule has 2 amide bonds. The Morgan fingerprint density at radius 3 is 1.86 bits per heavy atom. The summed E-state index contributed by atoms with van der Waals surface area (Å²) in [6.07, 6.45) is -13.0. The van der Waals surface area contributed by atoms with E-state index in [1.54, 1.807) is 0 Å². The highest BCUT2D eigenvalue weighted by Crippen LogP contribution is 2.54. The molecular formula is C27H23F10N2O2P. The second kappa shape index (κ2) is 13.1. The van der Waals surface area contributed by atoms with Gasteiger partial charge in [-0.25, -0.2) is 8.78 Å². The molecule has 3 aromatic carbocycles. The summed E-state index contributed by atoms with van der Waals surface area (Å²) in [6, 6.07) is 9.44. The van der Waals surface area contributed by atoms with Crippen molar-refractivity contribution in [2.75, 3.05) is 17.3 Å². The van der Waals surface area contributed by atoms with Gasteiger partial charge in [-0.15, -0.1) is 0 Å². The molecule has 1 N–H and O–H groups in total. The van der Waals surface area contributed by atoms with E-state index in [0.29, 0.717) is 0 Å². The number of nitrogens with zero attached hydrogens (tertiary/aromatic N) is 1. The minimum atomic E-state index is -6.52. The van der Waals surface area contributed by atoms with E-state index in [0.717, 1.165) is 30.0 Å². The molecule has 0 radical (unpaired) electrons. The van der Waals surface area contributed by atoms with Gasteiger partial charge in [-0.05, 0) is 61.0 Å². The molecule has 15 heteroatoms. The fourth-order valence-corrected chi connectivity index (χ4v) is 4.33. The molecule has 3 aromatic rings. The number of rotatable bonds is 6. The van der Waals surface area contributed by atoms with Crippen molar-refractivity contribution in [3.8, 4) is 0 Å². The molecule has 0 spiro atoms. The highest BCUT2D eigenvalue weighted by atomic mass is 31.2. The van der Waals surface area contributed by atoms with Crippen molar-refractivity contribution >= 4 is 37.0 Å². The molecule has 42 heavy (non-hydrogen) atoms. The standard InChI is InChI=1S/C25H17F10N2O2P.C2H6/c1-13-10-16(23(27,24(28,29)30)25(31,32)33)12-19(40(34)35)20(13)36-21(38)15-4-3-5-18(11-15)37(2)22(39)14-6-8-17(26)9-7-14;1-2/h3-12H,1-2H3,(H,36,38);1-2H3. The number of nitrogens with one attached hydrogen (secondary N) is 1. The first-order valence-corrected chi connectivity index (χ1v) is 13.0. The molecular weight excluding hydrogens is 605 g/mol. The Labute approximate surface area is 235 Å². The third-order valence-corrected chi connectivity index (χ3v) is 6.52. The number of amides is 2. The fraction of sp³-hybridized carbons (Fsp3) is 0.259. The van der Waals surface area contributed by atoms with Crippen molar-refractivity contribution in [3.05, 3.63) is 88.7 Å². The highest BCUT2D eigenvalue weighted by molar-refractivity contribution is 7.55. The molecule has 0 aliphatic carbocycles. The maximum Gasteiger partial charge on any atom is 0.435 e. The van der Waals surface area contributed by atoms with Crippen LogP contribution in [0.4, 0.5) is 54.9 Å². The van der Waals surface area contributed by atoms with Gasteiger partial charge in [-0.1, -0.05) is 26.0 Å². The number of carbonyl (C=O) groups is 2. The van der Waals surface area contributed by atoms with Crippen LogP contribution in [0, 0.1) is 12.7 Å². The van der Waals surface area contributed by atoms with Gasteiger partial charge in [0.2, 0.25) is 0 Å². The van der Waals surface area contributed by atoms with E-state index in [-0.39, 0.29) is 28.9 Å².